The van der Waals surface area contributed by atoms with Crippen LogP contribution < -0.4 is 5.32 Å². The van der Waals surface area contributed by atoms with E-state index < -0.39 is 0 Å². The predicted molar refractivity (Wildman–Crippen MR) is 43.2 cm³/mol. The smallest absolute Gasteiger partial charge is 0.151 e. The fourth-order valence-electron chi connectivity index (χ4n) is 0.829. The maximum absolute atomic E-state index is 4.01. The van der Waals surface area contributed by atoms with Crippen LogP contribution in [-0.2, 0) is 6.42 Å². The monoisotopic (exact) mass is 154 g/mol. The van der Waals surface area contributed by atoms with Crippen LogP contribution in [0.2, 0.25) is 0 Å². The van der Waals surface area contributed by atoms with Gasteiger partial charge in [-0.25, -0.2) is 4.98 Å². The molecule has 62 valence electrons. The van der Waals surface area contributed by atoms with E-state index in [0.29, 0.717) is 6.04 Å². The van der Waals surface area contributed by atoms with Gasteiger partial charge in [0.2, 0.25) is 0 Å². The minimum Gasteiger partial charge on any atom is -0.314 e. The van der Waals surface area contributed by atoms with E-state index in [1.54, 1.807) is 6.33 Å². The quantitative estimate of drug-likeness (QED) is 0.657. The Morgan fingerprint density at radius 1 is 1.64 bits per heavy atom. The number of aromatic amines is 1. The first kappa shape index (κ1) is 8.20. The fourth-order valence-corrected chi connectivity index (χ4v) is 0.829. The molecule has 0 saturated carbocycles. The molecule has 0 amide bonds. The van der Waals surface area contributed by atoms with Crippen LogP contribution in [0.1, 0.15) is 19.7 Å². The first-order chi connectivity index (χ1) is 5.29. The third kappa shape index (κ3) is 3.13. The summed E-state index contributed by atoms with van der Waals surface area (Å²) in [7, 11) is 0. The van der Waals surface area contributed by atoms with E-state index in [0.717, 1.165) is 18.8 Å². The third-order valence-corrected chi connectivity index (χ3v) is 1.37. The number of nitrogens with one attached hydrogen (secondary N) is 2. The number of nitrogens with zero attached hydrogens (tertiary/aromatic N) is 2. The maximum Gasteiger partial charge on any atom is 0.151 e. The second-order valence-corrected chi connectivity index (χ2v) is 2.77. The molecule has 0 radical (unpaired) electrons. The predicted octanol–water partition coefficient (Wildman–Crippen LogP) is 0.345. The summed E-state index contributed by atoms with van der Waals surface area (Å²) in [5, 5.41) is 9.91. The van der Waals surface area contributed by atoms with Crippen molar-refractivity contribution < 1.29 is 0 Å². The van der Waals surface area contributed by atoms with Crippen molar-refractivity contribution in [1.82, 2.24) is 20.5 Å². The first-order valence-electron chi connectivity index (χ1n) is 3.87. The molecule has 0 aromatic carbocycles. The Balaban J connectivity index is 2.14. The normalized spacial score (nSPS) is 10.8. The highest BCUT2D eigenvalue weighted by Crippen LogP contribution is 1.86. The molecule has 1 heterocycles. The summed E-state index contributed by atoms with van der Waals surface area (Å²) in [6, 6.07) is 0.536. The molecule has 1 aromatic heterocycles. The van der Waals surface area contributed by atoms with E-state index >= 15 is 0 Å². The van der Waals surface area contributed by atoms with Crippen molar-refractivity contribution in [2.45, 2.75) is 26.3 Å². The van der Waals surface area contributed by atoms with Gasteiger partial charge in [-0.1, -0.05) is 13.8 Å². The fraction of sp³-hybridized carbons (Fsp3) is 0.714. The zero-order valence-corrected chi connectivity index (χ0v) is 6.96. The lowest BCUT2D eigenvalue weighted by Gasteiger charge is -2.04. The Morgan fingerprint density at radius 2 is 2.45 bits per heavy atom. The summed E-state index contributed by atoms with van der Waals surface area (Å²) in [5.74, 6) is 0.873. The summed E-state index contributed by atoms with van der Waals surface area (Å²) in [6.45, 7) is 5.19. The van der Waals surface area contributed by atoms with E-state index in [9.17, 15) is 0 Å². The van der Waals surface area contributed by atoms with Crippen LogP contribution in [-0.4, -0.2) is 27.8 Å². The van der Waals surface area contributed by atoms with Gasteiger partial charge in [0.25, 0.3) is 0 Å². The zero-order valence-electron chi connectivity index (χ0n) is 6.96. The Morgan fingerprint density at radius 3 is 3.00 bits per heavy atom. The molecular formula is C7H14N4. The molecule has 0 aliphatic heterocycles. The van der Waals surface area contributed by atoms with Gasteiger partial charge in [-0.15, -0.1) is 0 Å². The largest absolute Gasteiger partial charge is 0.314 e. The summed E-state index contributed by atoms with van der Waals surface area (Å²) in [5.41, 5.74) is 0. The SMILES string of the molecule is CC(C)NCCc1nc[nH]n1. The van der Waals surface area contributed by atoms with Gasteiger partial charge in [-0.05, 0) is 0 Å². The van der Waals surface area contributed by atoms with Crippen molar-refractivity contribution in [2.24, 2.45) is 0 Å². The highest BCUT2D eigenvalue weighted by atomic mass is 15.2. The van der Waals surface area contributed by atoms with Gasteiger partial charge in [-0.3, -0.25) is 5.10 Å². The van der Waals surface area contributed by atoms with Crippen molar-refractivity contribution in [2.75, 3.05) is 6.54 Å². The molecule has 0 atom stereocenters. The van der Waals surface area contributed by atoms with Gasteiger partial charge in [0, 0.05) is 19.0 Å². The van der Waals surface area contributed by atoms with Gasteiger partial charge < -0.3 is 5.32 Å². The maximum atomic E-state index is 4.01. The minimum absolute atomic E-state index is 0.536. The number of hydrogen-bond donors (Lipinski definition) is 2. The van der Waals surface area contributed by atoms with Crippen molar-refractivity contribution in [3.05, 3.63) is 12.2 Å². The summed E-state index contributed by atoms with van der Waals surface area (Å²) >= 11 is 0. The zero-order chi connectivity index (χ0) is 8.10. The minimum atomic E-state index is 0.536. The lowest BCUT2D eigenvalue weighted by molar-refractivity contribution is 0.583. The summed E-state index contributed by atoms with van der Waals surface area (Å²) < 4.78 is 0. The van der Waals surface area contributed by atoms with Crippen LogP contribution >= 0.6 is 0 Å². The van der Waals surface area contributed by atoms with Gasteiger partial charge in [0.05, 0.1) is 0 Å². The molecule has 0 aliphatic rings. The highest BCUT2D eigenvalue weighted by Gasteiger charge is 1.96. The van der Waals surface area contributed by atoms with Crippen molar-refractivity contribution >= 4 is 0 Å². The lowest BCUT2D eigenvalue weighted by Crippen LogP contribution is -2.25. The highest BCUT2D eigenvalue weighted by molar-refractivity contribution is 4.80. The molecule has 1 aromatic rings. The molecule has 0 fully saturated rings. The van der Waals surface area contributed by atoms with E-state index in [2.05, 4.69) is 34.3 Å². The Kier molecular flexibility index (Phi) is 3.04. The van der Waals surface area contributed by atoms with E-state index in [4.69, 9.17) is 0 Å². The molecule has 0 aliphatic carbocycles. The van der Waals surface area contributed by atoms with Gasteiger partial charge in [-0.2, -0.15) is 5.10 Å². The second kappa shape index (κ2) is 4.08. The molecule has 0 saturated heterocycles. The lowest BCUT2D eigenvalue weighted by atomic mass is 10.3. The first-order valence-corrected chi connectivity index (χ1v) is 3.87. The molecule has 1 rings (SSSR count). The van der Waals surface area contributed by atoms with E-state index in [-0.39, 0.29) is 0 Å². The number of hydrogen-bond acceptors (Lipinski definition) is 3. The molecule has 0 bridgehead atoms. The van der Waals surface area contributed by atoms with Crippen LogP contribution in [0.25, 0.3) is 0 Å². The molecule has 0 unspecified atom stereocenters. The van der Waals surface area contributed by atoms with Crippen LogP contribution in [0.3, 0.4) is 0 Å². The van der Waals surface area contributed by atoms with Crippen LogP contribution in [0.15, 0.2) is 6.33 Å². The van der Waals surface area contributed by atoms with Crippen molar-refractivity contribution in [3.63, 3.8) is 0 Å². The average Bonchev–Trinajstić information content (AvgIpc) is 2.39. The molecule has 4 nitrogen and oxygen atoms in total. The van der Waals surface area contributed by atoms with Crippen LogP contribution in [0.4, 0.5) is 0 Å². The molecule has 2 N–H and O–H groups in total. The van der Waals surface area contributed by atoms with Gasteiger partial charge >= 0.3 is 0 Å². The Hall–Kier alpha value is -0.900. The summed E-state index contributed by atoms with van der Waals surface area (Å²) in [4.78, 5) is 4.01. The average molecular weight is 154 g/mol. The standard InChI is InChI=1S/C7H14N4/c1-6(2)8-4-3-7-9-5-10-11-7/h5-6,8H,3-4H2,1-2H3,(H,9,10,11). The van der Waals surface area contributed by atoms with Crippen LogP contribution in [0.5, 0.6) is 0 Å². The third-order valence-electron chi connectivity index (χ3n) is 1.37. The van der Waals surface area contributed by atoms with Crippen LogP contribution in [0, 0.1) is 0 Å². The molecule has 4 heteroatoms. The van der Waals surface area contributed by atoms with Gasteiger partial charge in [0.15, 0.2) is 5.82 Å². The number of rotatable bonds is 4. The Labute approximate surface area is 66.4 Å². The van der Waals surface area contributed by atoms with E-state index in [1.807, 2.05) is 0 Å². The Bertz CT molecular complexity index is 180. The number of H-pyrrole nitrogens is 1. The summed E-state index contributed by atoms with van der Waals surface area (Å²) in [6.07, 6.45) is 2.49. The second-order valence-electron chi connectivity index (χ2n) is 2.77. The van der Waals surface area contributed by atoms with Gasteiger partial charge in [0.1, 0.15) is 6.33 Å². The van der Waals surface area contributed by atoms with Crippen molar-refractivity contribution in [3.8, 4) is 0 Å². The molecule has 11 heavy (non-hydrogen) atoms. The molecular weight excluding hydrogens is 140 g/mol. The topological polar surface area (TPSA) is 53.6 Å². The van der Waals surface area contributed by atoms with Crippen molar-refractivity contribution in [1.29, 1.82) is 0 Å². The molecule has 0 spiro atoms. The number of aromatic nitrogens is 3. The van der Waals surface area contributed by atoms with E-state index in [1.165, 1.54) is 0 Å².